The summed E-state index contributed by atoms with van der Waals surface area (Å²) in [5.74, 6) is -0.570. The summed E-state index contributed by atoms with van der Waals surface area (Å²) in [6.45, 7) is 6.38. The van der Waals surface area contributed by atoms with Gasteiger partial charge in [-0.2, -0.15) is 4.73 Å². The Kier molecular flexibility index (Phi) is 12.4. The van der Waals surface area contributed by atoms with Gasteiger partial charge >= 0.3 is 0 Å². The van der Waals surface area contributed by atoms with Crippen molar-refractivity contribution in [2.75, 3.05) is 13.7 Å². The van der Waals surface area contributed by atoms with E-state index < -0.39 is 24.2 Å². The molecule has 246 valence electrons. The molecule has 11 heteroatoms. The van der Waals surface area contributed by atoms with Gasteiger partial charge in [-0.15, -0.1) is 0 Å². The first-order valence-electron chi connectivity index (χ1n) is 16.5. The van der Waals surface area contributed by atoms with Crippen molar-refractivity contribution in [3.05, 3.63) is 36.0 Å². The molecule has 0 aliphatic carbocycles. The van der Waals surface area contributed by atoms with Crippen LogP contribution in [0.25, 0.3) is 10.9 Å². The van der Waals surface area contributed by atoms with E-state index in [4.69, 9.17) is 17.1 Å². The molecule has 2 aliphatic heterocycles. The van der Waals surface area contributed by atoms with Crippen LogP contribution >= 0.6 is 12.2 Å². The van der Waals surface area contributed by atoms with E-state index in [2.05, 4.69) is 16.0 Å². The van der Waals surface area contributed by atoms with Gasteiger partial charge in [0.25, 0.3) is 0 Å². The fourth-order valence-electron chi connectivity index (χ4n) is 6.38. The van der Waals surface area contributed by atoms with Crippen LogP contribution in [0.15, 0.2) is 30.5 Å². The van der Waals surface area contributed by atoms with Gasteiger partial charge in [0.15, 0.2) is 0 Å². The van der Waals surface area contributed by atoms with Gasteiger partial charge < -0.3 is 25.7 Å². The van der Waals surface area contributed by atoms with Crippen LogP contribution in [0.5, 0.6) is 0 Å². The van der Waals surface area contributed by atoms with Crippen molar-refractivity contribution in [2.45, 2.75) is 116 Å². The summed E-state index contributed by atoms with van der Waals surface area (Å²) in [6.07, 6.45) is 8.85. The van der Waals surface area contributed by atoms with E-state index in [1.165, 1.54) is 0 Å². The fraction of sp³-hybridized carbons (Fsp3) is 0.618. The molecule has 5 atom stereocenters. The Bertz CT molecular complexity index is 1380. The summed E-state index contributed by atoms with van der Waals surface area (Å²) >= 11 is 5.98. The van der Waals surface area contributed by atoms with Crippen molar-refractivity contribution in [3.63, 3.8) is 0 Å². The largest absolute Gasteiger partial charge is 0.417 e. The second-order valence-corrected chi connectivity index (χ2v) is 12.9. The number of amides is 3. The molecular weight excluding hydrogens is 590 g/mol. The van der Waals surface area contributed by atoms with Crippen LogP contribution in [0.3, 0.4) is 0 Å². The molecule has 1 aromatic carbocycles. The van der Waals surface area contributed by atoms with E-state index in [1.807, 2.05) is 51.2 Å². The Morgan fingerprint density at radius 2 is 1.78 bits per heavy atom. The number of hydrogen-bond donors (Lipinski definition) is 3. The second kappa shape index (κ2) is 16.2. The zero-order chi connectivity index (χ0) is 32.5. The highest BCUT2D eigenvalue weighted by molar-refractivity contribution is 7.80. The number of rotatable bonds is 12. The van der Waals surface area contributed by atoms with Gasteiger partial charge in [-0.1, -0.05) is 70.5 Å². The Morgan fingerprint density at radius 3 is 2.51 bits per heavy atom. The zero-order valence-electron chi connectivity index (χ0n) is 27.1. The van der Waals surface area contributed by atoms with Crippen molar-refractivity contribution in [2.24, 2.45) is 5.92 Å². The third-order valence-corrected chi connectivity index (χ3v) is 9.76. The van der Waals surface area contributed by atoms with Crippen LogP contribution in [0, 0.1) is 5.92 Å². The average Bonchev–Trinajstić information content (AvgIpc) is 3.41. The van der Waals surface area contributed by atoms with Crippen molar-refractivity contribution in [3.8, 4) is 0 Å². The summed E-state index contributed by atoms with van der Waals surface area (Å²) < 4.78 is 1.69. The molecule has 0 radical (unpaired) electrons. The normalized spacial score (nSPS) is 23.7. The number of carbonyl (C=O) groups excluding carboxylic acids is 4. The van der Waals surface area contributed by atoms with Crippen LogP contribution < -0.4 is 20.8 Å². The van der Waals surface area contributed by atoms with E-state index in [1.54, 1.807) is 16.7 Å². The number of thiocarbonyl (C=S) groups is 1. The lowest BCUT2D eigenvalue weighted by Gasteiger charge is -2.40. The third-order valence-electron chi connectivity index (χ3n) is 9.36. The highest BCUT2D eigenvalue weighted by atomic mass is 32.1. The van der Waals surface area contributed by atoms with Crippen LogP contribution in [0.4, 0.5) is 0 Å². The predicted molar refractivity (Wildman–Crippen MR) is 179 cm³/mol. The van der Waals surface area contributed by atoms with E-state index in [0.29, 0.717) is 50.1 Å². The molecule has 45 heavy (non-hydrogen) atoms. The minimum atomic E-state index is -0.798. The quantitative estimate of drug-likeness (QED) is 0.238. The number of benzene rings is 1. The molecule has 0 unspecified atom stereocenters. The topological polar surface area (TPSA) is 122 Å². The lowest BCUT2D eigenvalue weighted by molar-refractivity contribution is -0.145. The number of nitrogens with one attached hydrogen (secondary N) is 3. The monoisotopic (exact) mass is 639 g/mol. The second-order valence-electron chi connectivity index (χ2n) is 12.4. The van der Waals surface area contributed by atoms with Crippen molar-refractivity contribution < 1.29 is 24.0 Å². The Morgan fingerprint density at radius 1 is 1.02 bits per heavy atom. The molecule has 2 saturated heterocycles. The number of Topliss-reactive ketones (excluding diaryl/α,β-unsaturated/α-hetero) is 1. The number of fused-ring (bicyclic) bond motifs is 2. The molecule has 3 amide bonds. The summed E-state index contributed by atoms with van der Waals surface area (Å²) in [5, 5.41) is 10.5. The molecule has 3 heterocycles. The van der Waals surface area contributed by atoms with Gasteiger partial charge in [0.05, 0.1) is 16.5 Å². The maximum absolute atomic E-state index is 14.1. The van der Waals surface area contributed by atoms with Gasteiger partial charge in [0.2, 0.25) is 17.7 Å². The number of aromatic nitrogens is 1. The summed E-state index contributed by atoms with van der Waals surface area (Å²) in [6, 6.07) is 5.15. The Balaban J connectivity index is 1.66. The lowest BCUT2D eigenvalue weighted by atomic mass is 9.93. The molecule has 2 aromatic rings. The van der Waals surface area contributed by atoms with Gasteiger partial charge in [0.1, 0.15) is 31.0 Å². The minimum absolute atomic E-state index is 0.0527. The number of nitrogens with zero attached hydrogens (tertiary/aromatic N) is 2. The number of unbranched alkanes of at least 4 members (excludes halogenated alkanes) is 2. The molecule has 3 N–H and O–H groups in total. The van der Waals surface area contributed by atoms with E-state index >= 15 is 0 Å². The molecule has 4 rings (SSSR count). The average molecular weight is 640 g/mol. The van der Waals surface area contributed by atoms with Crippen LogP contribution in [-0.2, 0) is 25.6 Å². The van der Waals surface area contributed by atoms with Crippen LogP contribution in [0.1, 0.15) is 90.5 Å². The van der Waals surface area contributed by atoms with Crippen molar-refractivity contribution in [1.82, 2.24) is 25.6 Å². The van der Waals surface area contributed by atoms with Crippen molar-refractivity contribution >= 4 is 51.6 Å². The standard InChI is InChI=1S/C34H49N5O5S/c1-5-22(3)30-34(43)38-19-13-12-18-29(38)32(42)35-26(16-9-7-8-14-24(40)6-2)31(41)36-27(33(45)37-30)20-23-21-39(44-4)28-17-11-10-15-25(23)28/h10-11,15,17,21-22,26-27,29-30H,5-9,12-14,16,18-20H2,1-4H3,(H,35,42)(H,36,41)(H,37,45)/t22-,26-,27-,29+,30-/m0/s1. The van der Waals surface area contributed by atoms with Gasteiger partial charge in [-0.25, -0.2) is 0 Å². The minimum Gasteiger partial charge on any atom is -0.417 e. The molecule has 0 bridgehead atoms. The predicted octanol–water partition coefficient (Wildman–Crippen LogP) is 3.87. The highest BCUT2D eigenvalue weighted by Crippen LogP contribution is 2.25. The maximum Gasteiger partial charge on any atom is 0.246 e. The first-order valence-corrected chi connectivity index (χ1v) is 17.0. The lowest BCUT2D eigenvalue weighted by Crippen LogP contribution is -2.64. The molecular formula is C34H49N5O5S. The third kappa shape index (κ3) is 8.42. The first kappa shape index (κ1) is 34.4. The van der Waals surface area contributed by atoms with Crippen molar-refractivity contribution in [1.29, 1.82) is 0 Å². The number of ketones is 1. The SMILES string of the molecule is CCC(=O)CCCCC[C@@H]1NC(=O)[C@H]2CCCCN2C(=O)[C@H]([C@@H](C)CC)NC(=S)[C@H](Cc2cn(OC)c3ccccc23)NC1=O. The molecule has 10 nitrogen and oxygen atoms in total. The highest BCUT2D eigenvalue weighted by Gasteiger charge is 2.40. The van der Waals surface area contributed by atoms with E-state index in [9.17, 15) is 19.2 Å². The number of para-hydroxylation sites is 1. The summed E-state index contributed by atoms with van der Waals surface area (Å²) in [5.41, 5.74) is 1.82. The number of hydrogen-bond acceptors (Lipinski definition) is 6. The molecule has 0 spiro atoms. The number of piperidine rings is 1. The Labute approximate surface area is 271 Å². The maximum atomic E-state index is 14.1. The number of carbonyl (C=O) groups is 4. The molecule has 2 fully saturated rings. The zero-order valence-corrected chi connectivity index (χ0v) is 27.9. The molecule has 0 saturated carbocycles. The molecule has 1 aromatic heterocycles. The fourth-order valence-corrected chi connectivity index (χ4v) is 6.65. The summed E-state index contributed by atoms with van der Waals surface area (Å²) in [4.78, 5) is 61.3. The van der Waals surface area contributed by atoms with Crippen LogP contribution in [-0.4, -0.2) is 75.9 Å². The van der Waals surface area contributed by atoms with Gasteiger partial charge in [0, 0.05) is 37.4 Å². The Hall–Kier alpha value is -3.47. The smallest absolute Gasteiger partial charge is 0.246 e. The first-order chi connectivity index (χ1) is 21.7. The van der Waals surface area contributed by atoms with Crippen LogP contribution in [0.2, 0.25) is 0 Å². The van der Waals surface area contributed by atoms with Gasteiger partial charge in [-0.05, 0) is 49.7 Å². The van der Waals surface area contributed by atoms with Gasteiger partial charge in [-0.3, -0.25) is 19.2 Å². The van der Waals surface area contributed by atoms with E-state index in [-0.39, 0.29) is 29.4 Å². The van der Waals surface area contributed by atoms with E-state index in [0.717, 1.165) is 48.6 Å². The summed E-state index contributed by atoms with van der Waals surface area (Å²) in [7, 11) is 1.60. The molecule has 2 aliphatic rings.